The van der Waals surface area contributed by atoms with E-state index in [1.807, 2.05) is 12.1 Å². The summed E-state index contributed by atoms with van der Waals surface area (Å²) in [7, 11) is -0.964. The average Bonchev–Trinajstić information content (AvgIpc) is 2.48. The number of hydrogen-bond acceptors (Lipinski definition) is 3. The average molecular weight is 345 g/mol. The minimum absolute atomic E-state index is 0.0298. The van der Waals surface area contributed by atoms with Gasteiger partial charge in [-0.05, 0) is 40.8 Å². The molecule has 5 heteroatoms. The summed E-state index contributed by atoms with van der Waals surface area (Å²) in [6.45, 7) is 6.21. The van der Waals surface area contributed by atoms with Gasteiger partial charge in [0.15, 0.2) is 0 Å². The van der Waals surface area contributed by atoms with Crippen molar-refractivity contribution < 1.29 is 14.1 Å². The van der Waals surface area contributed by atoms with Gasteiger partial charge < -0.3 is 10.4 Å². The highest BCUT2D eigenvalue weighted by molar-refractivity contribution is 7.83. The van der Waals surface area contributed by atoms with Crippen LogP contribution in [0.1, 0.15) is 42.3 Å². The van der Waals surface area contributed by atoms with Gasteiger partial charge in [0.1, 0.15) is 5.75 Å². The van der Waals surface area contributed by atoms with E-state index in [1.54, 1.807) is 36.6 Å². The Kier molecular flexibility index (Phi) is 5.44. The Morgan fingerprint density at radius 3 is 2.50 bits per heavy atom. The molecule has 0 aromatic heterocycles. The Morgan fingerprint density at radius 1 is 1.17 bits per heavy atom. The van der Waals surface area contributed by atoms with Gasteiger partial charge in [-0.15, -0.1) is 0 Å². The molecule has 0 aliphatic heterocycles. The Bertz CT molecular complexity index is 778. The molecule has 0 saturated heterocycles. The first-order valence-corrected chi connectivity index (χ1v) is 9.43. The SMILES string of the molecule is CS(=O)Cc1cccc(C(=O)Nc2cc(C(C)(C)C)ccc2O)c1. The Balaban J connectivity index is 2.25. The van der Waals surface area contributed by atoms with Crippen molar-refractivity contribution in [3.05, 3.63) is 59.2 Å². The van der Waals surface area contributed by atoms with E-state index in [2.05, 4.69) is 26.1 Å². The number of carbonyl (C=O) groups excluding carboxylic acids is 1. The molecule has 0 radical (unpaired) electrons. The zero-order valence-corrected chi connectivity index (χ0v) is 15.2. The van der Waals surface area contributed by atoms with E-state index >= 15 is 0 Å². The molecule has 1 unspecified atom stereocenters. The molecule has 1 atom stereocenters. The van der Waals surface area contributed by atoms with Crippen molar-refractivity contribution in [3.63, 3.8) is 0 Å². The van der Waals surface area contributed by atoms with Crippen molar-refractivity contribution in [2.24, 2.45) is 0 Å². The first kappa shape index (κ1) is 18.2. The normalized spacial score (nSPS) is 12.7. The maximum absolute atomic E-state index is 12.5. The molecule has 128 valence electrons. The zero-order valence-electron chi connectivity index (χ0n) is 14.4. The molecule has 4 nitrogen and oxygen atoms in total. The molecule has 0 heterocycles. The van der Waals surface area contributed by atoms with Crippen molar-refractivity contribution in [3.8, 4) is 5.75 Å². The predicted molar refractivity (Wildman–Crippen MR) is 99.0 cm³/mol. The summed E-state index contributed by atoms with van der Waals surface area (Å²) in [5.41, 5.74) is 2.63. The fourth-order valence-corrected chi connectivity index (χ4v) is 2.98. The largest absolute Gasteiger partial charge is 0.506 e. The number of phenolic OH excluding ortho intramolecular Hbond substituents is 1. The van der Waals surface area contributed by atoms with Crippen LogP contribution >= 0.6 is 0 Å². The second-order valence-corrected chi connectivity index (χ2v) is 8.29. The highest BCUT2D eigenvalue weighted by Gasteiger charge is 2.17. The van der Waals surface area contributed by atoms with Crippen LogP contribution in [0.25, 0.3) is 0 Å². The van der Waals surface area contributed by atoms with Crippen LogP contribution in [-0.2, 0) is 22.0 Å². The minimum Gasteiger partial charge on any atom is -0.506 e. The van der Waals surface area contributed by atoms with Crippen LogP contribution in [0.15, 0.2) is 42.5 Å². The van der Waals surface area contributed by atoms with Crippen LogP contribution < -0.4 is 5.32 Å². The Morgan fingerprint density at radius 2 is 1.88 bits per heavy atom. The summed E-state index contributed by atoms with van der Waals surface area (Å²) in [6.07, 6.45) is 1.63. The summed E-state index contributed by atoms with van der Waals surface area (Å²) in [6, 6.07) is 12.3. The first-order valence-electron chi connectivity index (χ1n) is 7.70. The molecule has 1 amide bonds. The molecular weight excluding hydrogens is 322 g/mol. The minimum atomic E-state index is -0.964. The zero-order chi connectivity index (χ0) is 17.9. The van der Waals surface area contributed by atoms with Crippen molar-refractivity contribution in [2.45, 2.75) is 31.9 Å². The number of phenols is 1. The van der Waals surface area contributed by atoms with E-state index in [0.29, 0.717) is 17.0 Å². The number of hydrogen-bond donors (Lipinski definition) is 2. The van der Waals surface area contributed by atoms with Gasteiger partial charge in [0, 0.05) is 28.4 Å². The van der Waals surface area contributed by atoms with Crippen LogP contribution in [0.3, 0.4) is 0 Å². The van der Waals surface area contributed by atoms with Crippen LogP contribution in [0.2, 0.25) is 0 Å². The fourth-order valence-electron chi connectivity index (χ4n) is 2.33. The number of benzene rings is 2. The van der Waals surface area contributed by atoms with Crippen LogP contribution in [0.4, 0.5) is 5.69 Å². The number of anilines is 1. The molecule has 0 bridgehead atoms. The van der Waals surface area contributed by atoms with Crippen molar-refractivity contribution in [1.29, 1.82) is 0 Å². The smallest absolute Gasteiger partial charge is 0.255 e. The predicted octanol–water partition coefficient (Wildman–Crippen LogP) is 3.82. The molecule has 2 aromatic rings. The molecule has 0 aliphatic carbocycles. The van der Waals surface area contributed by atoms with Gasteiger partial charge in [0.25, 0.3) is 5.91 Å². The van der Waals surface area contributed by atoms with E-state index in [0.717, 1.165) is 11.1 Å². The van der Waals surface area contributed by atoms with Gasteiger partial charge in [-0.25, -0.2) is 0 Å². The molecule has 0 spiro atoms. The van der Waals surface area contributed by atoms with Crippen molar-refractivity contribution in [2.75, 3.05) is 11.6 Å². The van der Waals surface area contributed by atoms with E-state index in [4.69, 9.17) is 0 Å². The number of aromatic hydroxyl groups is 1. The lowest BCUT2D eigenvalue weighted by Crippen LogP contribution is -2.15. The number of carbonyl (C=O) groups is 1. The number of amides is 1. The monoisotopic (exact) mass is 345 g/mol. The molecule has 0 aliphatic rings. The van der Waals surface area contributed by atoms with Crippen molar-refractivity contribution >= 4 is 22.4 Å². The lowest BCUT2D eigenvalue weighted by molar-refractivity contribution is 0.102. The quantitative estimate of drug-likeness (QED) is 0.828. The molecule has 24 heavy (non-hydrogen) atoms. The van der Waals surface area contributed by atoms with Crippen LogP contribution in [0.5, 0.6) is 5.75 Å². The van der Waals surface area contributed by atoms with Gasteiger partial charge in [0.05, 0.1) is 5.69 Å². The summed E-state index contributed by atoms with van der Waals surface area (Å²) < 4.78 is 11.3. The molecule has 2 aromatic carbocycles. The number of nitrogens with one attached hydrogen (secondary N) is 1. The number of rotatable bonds is 4. The third-order valence-electron chi connectivity index (χ3n) is 3.67. The lowest BCUT2D eigenvalue weighted by Gasteiger charge is -2.20. The molecule has 2 N–H and O–H groups in total. The van der Waals surface area contributed by atoms with Gasteiger partial charge in [-0.1, -0.05) is 39.0 Å². The molecule has 2 rings (SSSR count). The molecule has 0 fully saturated rings. The third-order valence-corrected chi connectivity index (χ3v) is 4.41. The topological polar surface area (TPSA) is 66.4 Å². The Hall–Kier alpha value is -2.14. The summed E-state index contributed by atoms with van der Waals surface area (Å²) >= 11 is 0. The maximum Gasteiger partial charge on any atom is 0.255 e. The highest BCUT2D eigenvalue weighted by Crippen LogP contribution is 2.31. The van der Waals surface area contributed by atoms with Gasteiger partial charge in [0.2, 0.25) is 0 Å². The lowest BCUT2D eigenvalue weighted by atomic mass is 9.87. The van der Waals surface area contributed by atoms with Crippen LogP contribution in [0, 0.1) is 0 Å². The maximum atomic E-state index is 12.5. The Labute approximate surface area is 145 Å². The van der Waals surface area contributed by atoms with E-state index in [9.17, 15) is 14.1 Å². The van der Waals surface area contributed by atoms with Gasteiger partial charge >= 0.3 is 0 Å². The summed E-state index contributed by atoms with van der Waals surface area (Å²) in [5.74, 6) is 0.133. The van der Waals surface area contributed by atoms with E-state index in [-0.39, 0.29) is 17.1 Å². The molecule has 0 saturated carbocycles. The van der Waals surface area contributed by atoms with E-state index < -0.39 is 10.8 Å². The standard InChI is InChI=1S/C19H23NO3S/c1-19(2,3)15-8-9-17(21)16(11-15)20-18(22)14-7-5-6-13(10-14)12-24(4)23/h5-11,21H,12H2,1-4H3,(H,20,22). The molecular formula is C19H23NO3S. The van der Waals surface area contributed by atoms with Gasteiger partial charge in [-0.2, -0.15) is 0 Å². The third kappa shape index (κ3) is 4.68. The van der Waals surface area contributed by atoms with Crippen molar-refractivity contribution in [1.82, 2.24) is 0 Å². The van der Waals surface area contributed by atoms with E-state index in [1.165, 1.54) is 0 Å². The second kappa shape index (κ2) is 7.18. The first-order chi connectivity index (χ1) is 11.2. The van der Waals surface area contributed by atoms with Gasteiger partial charge in [-0.3, -0.25) is 9.00 Å². The second-order valence-electron chi connectivity index (χ2n) is 6.85. The van der Waals surface area contributed by atoms with Crippen LogP contribution in [-0.4, -0.2) is 21.5 Å². The highest BCUT2D eigenvalue weighted by atomic mass is 32.2. The summed E-state index contributed by atoms with van der Waals surface area (Å²) in [5, 5.41) is 12.8. The fraction of sp³-hybridized carbons (Fsp3) is 0.316. The summed E-state index contributed by atoms with van der Waals surface area (Å²) in [4.78, 5) is 12.5.